The molecular weight excluding hydrogens is 366 g/mol. The van der Waals surface area contributed by atoms with Crippen molar-refractivity contribution in [2.24, 2.45) is 0 Å². The highest BCUT2D eigenvalue weighted by atomic mass is 16.5. The van der Waals surface area contributed by atoms with Crippen LogP contribution in [0.15, 0.2) is 61.1 Å². The molecule has 3 heterocycles. The molecule has 0 unspecified atom stereocenters. The van der Waals surface area contributed by atoms with Crippen LogP contribution in [0, 0.1) is 0 Å². The van der Waals surface area contributed by atoms with Gasteiger partial charge in [0.2, 0.25) is 0 Å². The number of amides is 1. The minimum atomic E-state index is -0.261. The molecule has 7 heteroatoms. The monoisotopic (exact) mass is 389 g/mol. The van der Waals surface area contributed by atoms with E-state index >= 15 is 0 Å². The molecule has 2 aromatic heterocycles. The van der Waals surface area contributed by atoms with Crippen molar-refractivity contribution in [3.63, 3.8) is 0 Å². The van der Waals surface area contributed by atoms with Crippen LogP contribution in [-0.2, 0) is 6.54 Å². The van der Waals surface area contributed by atoms with Crippen molar-refractivity contribution in [1.82, 2.24) is 9.97 Å². The van der Waals surface area contributed by atoms with E-state index in [9.17, 15) is 4.79 Å². The second kappa shape index (κ2) is 7.79. The maximum atomic E-state index is 12.9. The molecule has 3 aromatic rings. The van der Waals surface area contributed by atoms with E-state index < -0.39 is 0 Å². The summed E-state index contributed by atoms with van der Waals surface area (Å²) < 4.78 is 5.96. The quantitative estimate of drug-likeness (QED) is 0.613. The number of ether oxygens (including phenoxy) is 1. The number of carbonyl (C=O) groups excluding carboxylic acids is 1. The summed E-state index contributed by atoms with van der Waals surface area (Å²) in [5, 5.41) is 9.52. The Balaban J connectivity index is 1.48. The minimum absolute atomic E-state index is 0.229. The highest BCUT2D eigenvalue weighted by Crippen LogP contribution is 2.35. The molecule has 148 valence electrons. The number of benzene rings is 1. The van der Waals surface area contributed by atoms with Gasteiger partial charge in [0.15, 0.2) is 0 Å². The molecule has 0 spiro atoms. The summed E-state index contributed by atoms with van der Waals surface area (Å²) in [6, 6.07) is 12.9. The van der Waals surface area contributed by atoms with Gasteiger partial charge in [0.1, 0.15) is 17.2 Å². The average molecular weight is 389 g/mol. The van der Waals surface area contributed by atoms with Gasteiger partial charge in [0, 0.05) is 30.8 Å². The number of nitrogens with zero attached hydrogens (tertiary/aromatic N) is 2. The van der Waals surface area contributed by atoms with Crippen molar-refractivity contribution in [3.8, 4) is 5.75 Å². The highest BCUT2D eigenvalue weighted by Gasteiger charge is 2.26. The van der Waals surface area contributed by atoms with Crippen LogP contribution in [0.2, 0.25) is 0 Å². The maximum absolute atomic E-state index is 12.9. The molecule has 29 heavy (non-hydrogen) atoms. The van der Waals surface area contributed by atoms with Crippen LogP contribution in [0.4, 0.5) is 17.2 Å². The molecule has 0 aliphatic carbocycles. The number of anilines is 3. The van der Waals surface area contributed by atoms with Crippen molar-refractivity contribution < 1.29 is 9.53 Å². The molecule has 0 radical (unpaired) electrons. The fourth-order valence-electron chi connectivity index (χ4n) is 3.09. The molecule has 0 fully saturated rings. The van der Waals surface area contributed by atoms with Crippen molar-refractivity contribution in [1.29, 1.82) is 0 Å². The van der Waals surface area contributed by atoms with Crippen molar-refractivity contribution >= 4 is 23.1 Å². The Bertz CT molecular complexity index is 1020. The minimum Gasteiger partial charge on any atom is -0.484 e. The number of rotatable bonds is 5. The lowest BCUT2D eigenvalue weighted by Gasteiger charge is -2.33. The van der Waals surface area contributed by atoms with Gasteiger partial charge in [-0.2, -0.15) is 0 Å². The van der Waals surface area contributed by atoms with Gasteiger partial charge in [-0.05, 0) is 61.9 Å². The number of carbonyl (C=O) groups is 1. The zero-order valence-electron chi connectivity index (χ0n) is 16.4. The number of pyridine rings is 2. The predicted octanol–water partition coefficient (Wildman–Crippen LogP) is 3.92. The van der Waals surface area contributed by atoms with Crippen LogP contribution < -0.4 is 20.7 Å². The highest BCUT2D eigenvalue weighted by molar-refractivity contribution is 6.07. The number of fused-ring (bicyclic) bond motifs is 1. The molecule has 4 rings (SSSR count). The normalized spacial score (nSPS) is 14.1. The molecule has 3 N–H and O–H groups in total. The molecule has 1 aliphatic heterocycles. The third kappa shape index (κ3) is 4.45. The summed E-state index contributed by atoms with van der Waals surface area (Å²) >= 11 is 0. The summed E-state index contributed by atoms with van der Waals surface area (Å²) in [6.45, 7) is 5.31. The van der Waals surface area contributed by atoms with Gasteiger partial charge >= 0.3 is 0 Å². The van der Waals surface area contributed by atoms with Gasteiger partial charge in [-0.1, -0.05) is 0 Å². The van der Waals surface area contributed by atoms with Crippen LogP contribution in [0.25, 0.3) is 0 Å². The molecule has 0 bridgehead atoms. The van der Waals surface area contributed by atoms with Crippen LogP contribution in [-0.4, -0.2) is 28.0 Å². The standard InChI is InChI=1S/C22H23N5O2/c1-22(2)14-26-18-12-16(5-6-19(18)29-22)27-21(28)17-4-3-9-24-20(17)25-13-15-7-10-23-11-8-15/h3-12,26H,13-14H2,1-2H3,(H,24,25)(H,27,28). The lowest BCUT2D eigenvalue weighted by atomic mass is 10.1. The zero-order valence-corrected chi connectivity index (χ0v) is 16.4. The van der Waals surface area contributed by atoms with E-state index in [2.05, 4.69) is 25.9 Å². The SMILES string of the molecule is CC1(C)CNc2cc(NC(=O)c3cccnc3NCc3ccncc3)ccc2O1. The number of aromatic nitrogens is 2. The van der Waals surface area contributed by atoms with E-state index in [0.29, 0.717) is 30.2 Å². The maximum Gasteiger partial charge on any atom is 0.259 e. The Morgan fingerprint density at radius 2 is 2.00 bits per heavy atom. The van der Waals surface area contributed by atoms with Crippen molar-refractivity contribution in [2.75, 3.05) is 22.5 Å². The fraction of sp³-hybridized carbons (Fsp3) is 0.227. The van der Waals surface area contributed by atoms with Gasteiger partial charge in [0.05, 0.1) is 17.8 Å². The van der Waals surface area contributed by atoms with Gasteiger partial charge < -0.3 is 20.7 Å². The van der Waals surface area contributed by atoms with Crippen LogP contribution >= 0.6 is 0 Å². The van der Waals surface area contributed by atoms with Gasteiger partial charge in [-0.25, -0.2) is 4.98 Å². The lowest BCUT2D eigenvalue weighted by molar-refractivity contribution is 0.102. The van der Waals surface area contributed by atoms with E-state index in [1.165, 1.54) is 0 Å². The number of nitrogens with one attached hydrogen (secondary N) is 3. The average Bonchev–Trinajstić information content (AvgIpc) is 2.73. The molecule has 0 saturated carbocycles. The van der Waals surface area contributed by atoms with Crippen LogP contribution in [0.3, 0.4) is 0 Å². The Morgan fingerprint density at radius 1 is 1.17 bits per heavy atom. The van der Waals surface area contributed by atoms with Crippen molar-refractivity contribution in [2.45, 2.75) is 26.0 Å². The van der Waals surface area contributed by atoms with E-state index in [4.69, 9.17) is 4.74 Å². The first-order chi connectivity index (χ1) is 14.0. The Labute approximate surface area is 169 Å². The van der Waals surface area contributed by atoms with E-state index in [0.717, 1.165) is 17.0 Å². The molecule has 0 atom stereocenters. The first-order valence-corrected chi connectivity index (χ1v) is 9.46. The van der Waals surface area contributed by atoms with Gasteiger partial charge in [-0.3, -0.25) is 9.78 Å². The number of hydrogen-bond donors (Lipinski definition) is 3. The smallest absolute Gasteiger partial charge is 0.259 e. The second-order valence-electron chi connectivity index (χ2n) is 7.49. The fourth-order valence-corrected chi connectivity index (χ4v) is 3.09. The topological polar surface area (TPSA) is 88.2 Å². The van der Waals surface area contributed by atoms with Gasteiger partial charge in [-0.15, -0.1) is 0 Å². The van der Waals surface area contributed by atoms with Crippen LogP contribution in [0.1, 0.15) is 29.8 Å². The summed E-state index contributed by atoms with van der Waals surface area (Å²) in [4.78, 5) is 21.2. The molecule has 7 nitrogen and oxygen atoms in total. The molecule has 1 amide bonds. The van der Waals surface area contributed by atoms with E-state index in [1.54, 1.807) is 30.7 Å². The Morgan fingerprint density at radius 3 is 2.83 bits per heavy atom. The first-order valence-electron chi connectivity index (χ1n) is 9.46. The molecular formula is C22H23N5O2. The number of hydrogen-bond acceptors (Lipinski definition) is 6. The van der Waals surface area contributed by atoms with Gasteiger partial charge in [0.25, 0.3) is 5.91 Å². The van der Waals surface area contributed by atoms with Crippen molar-refractivity contribution in [3.05, 3.63) is 72.2 Å². The molecule has 1 aliphatic rings. The Kier molecular flexibility index (Phi) is 5.03. The largest absolute Gasteiger partial charge is 0.484 e. The Hall–Kier alpha value is -3.61. The third-order valence-corrected chi connectivity index (χ3v) is 4.59. The molecule has 1 aromatic carbocycles. The second-order valence-corrected chi connectivity index (χ2v) is 7.49. The summed E-state index contributed by atoms with van der Waals surface area (Å²) in [7, 11) is 0. The summed E-state index contributed by atoms with van der Waals surface area (Å²) in [5.74, 6) is 1.08. The van der Waals surface area contributed by atoms with Crippen LogP contribution in [0.5, 0.6) is 5.75 Å². The summed E-state index contributed by atoms with van der Waals surface area (Å²) in [5.41, 5.74) is 2.83. The first kappa shape index (κ1) is 18.7. The molecule has 0 saturated heterocycles. The zero-order chi connectivity index (χ0) is 20.3. The predicted molar refractivity (Wildman–Crippen MR) is 113 cm³/mol. The third-order valence-electron chi connectivity index (χ3n) is 4.59. The van der Waals surface area contributed by atoms with E-state index in [-0.39, 0.29) is 11.5 Å². The summed E-state index contributed by atoms with van der Waals surface area (Å²) in [6.07, 6.45) is 5.13. The van der Waals surface area contributed by atoms with E-state index in [1.807, 2.05) is 44.2 Å². The lowest BCUT2D eigenvalue weighted by Crippen LogP contribution is -2.40.